The minimum absolute atomic E-state index is 0.571. The fraction of sp³-hybridized carbons (Fsp3) is 0.500. The van der Waals surface area contributed by atoms with Crippen LogP contribution in [0.3, 0.4) is 0 Å². The molecule has 0 bridgehead atoms. The van der Waals surface area contributed by atoms with Gasteiger partial charge in [0.2, 0.25) is 0 Å². The molecular formula is C16H22N4. The second-order valence-corrected chi connectivity index (χ2v) is 5.87. The van der Waals surface area contributed by atoms with Crippen LogP contribution in [0.5, 0.6) is 0 Å². The Morgan fingerprint density at radius 2 is 2.10 bits per heavy atom. The molecule has 1 aliphatic heterocycles. The molecule has 0 radical (unpaired) electrons. The first-order valence-electron chi connectivity index (χ1n) is 7.34. The van der Waals surface area contributed by atoms with Gasteiger partial charge in [0.05, 0.1) is 0 Å². The molecule has 2 N–H and O–H groups in total. The molecule has 0 aliphatic carbocycles. The molecule has 1 unspecified atom stereocenters. The molecule has 0 fully saturated rings. The summed E-state index contributed by atoms with van der Waals surface area (Å²) in [7, 11) is 0. The molecule has 0 saturated heterocycles. The lowest BCUT2D eigenvalue weighted by molar-refractivity contribution is 0.385. The van der Waals surface area contributed by atoms with E-state index in [1.54, 1.807) is 0 Å². The van der Waals surface area contributed by atoms with Crippen molar-refractivity contribution in [3.63, 3.8) is 0 Å². The quantitative estimate of drug-likeness (QED) is 0.928. The highest BCUT2D eigenvalue weighted by Crippen LogP contribution is 2.21. The van der Waals surface area contributed by atoms with Crippen molar-refractivity contribution in [2.75, 3.05) is 6.54 Å². The highest BCUT2D eigenvalue weighted by atomic mass is 15.3. The zero-order valence-electron chi connectivity index (χ0n) is 12.3. The number of benzene rings is 1. The summed E-state index contributed by atoms with van der Waals surface area (Å²) in [4.78, 5) is 0. The number of fused-ring (bicyclic) bond motifs is 1. The first kappa shape index (κ1) is 13.3. The SMILES string of the molecule is Cc1ccc(Cc2nnc3n2CCC(CN)C3)cc1C. The minimum atomic E-state index is 0.571. The van der Waals surface area contributed by atoms with Crippen molar-refractivity contribution < 1.29 is 0 Å². The molecular weight excluding hydrogens is 248 g/mol. The van der Waals surface area contributed by atoms with Gasteiger partial charge in [-0.1, -0.05) is 18.2 Å². The van der Waals surface area contributed by atoms with Crippen molar-refractivity contribution in [2.24, 2.45) is 11.7 Å². The largest absolute Gasteiger partial charge is 0.330 e. The zero-order chi connectivity index (χ0) is 14.1. The Kier molecular flexibility index (Phi) is 3.57. The van der Waals surface area contributed by atoms with Crippen LogP contribution in [0, 0.1) is 19.8 Å². The number of aryl methyl sites for hydroxylation is 2. The van der Waals surface area contributed by atoms with Gasteiger partial charge >= 0.3 is 0 Å². The van der Waals surface area contributed by atoms with Crippen molar-refractivity contribution in [2.45, 2.75) is 39.7 Å². The summed E-state index contributed by atoms with van der Waals surface area (Å²) in [5, 5.41) is 8.73. The van der Waals surface area contributed by atoms with E-state index in [9.17, 15) is 0 Å². The van der Waals surface area contributed by atoms with Crippen molar-refractivity contribution in [3.05, 3.63) is 46.5 Å². The molecule has 1 aromatic heterocycles. The molecule has 4 nitrogen and oxygen atoms in total. The predicted molar refractivity (Wildman–Crippen MR) is 79.6 cm³/mol. The lowest BCUT2D eigenvalue weighted by Crippen LogP contribution is -2.26. The third-order valence-corrected chi connectivity index (χ3v) is 4.40. The molecule has 2 heterocycles. The Labute approximate surface area is 120 Å². The Bertz CT molecular complexity index is 615. The van der Waals surface area contributed by atoms with Gasteiger partial charge in [0.25, 0.3) is 0 Å². The maximum Gasteiger partial charge on any atom is 0.137 e. The highest BCUT2D eigenvalue weighted by Gasteiger charge is 2.21. The second-order valence-electron chi connectivity index (χ2n) is 5.87. The van der Waals surface area contributed by atoms with Crippen molar-refractivity contribution in [3.8, 4) is 0 Å². The van der Waals surface area contributed by atoms with E-state index in [1.165, 1.54) is 16.7 Å². The third kappa shape index (κ3) is 2.48. The Morgan fingerprint density at radius 3 is 2.85 bits per heavy atom. The average molecular weight is 270 g/mol. The highest BCUT2D eigenvalue weighted by molar-refractivity contribution is 5.31. The summed E-state index contributed by atoms with van der Waals surface area (Å²) in [6.45, 7) is 6.05. The van der Waals surface area contributed by atoms with E-state index in [0.717, 1.165) is 44.0 Å². The Balaban J connectivity index is 1.82. The van der Waals surface area contributed by atoms with E-state index in [0.29, 0.717) is 5.92 Å². The van der Waals surface area contributed by atoms with Gasteiger partial charge in [-0.2, -0.15) is 0 Å². The number of rotatable bonds is 3. The van der Waals surface area contributed by atoms with Crippen LogP contribution in [0.1, 0.15) is 34.8 Å². The van der Waals surface area contributed by atoms with E-state index in [4.69, 9.17) is 5.73 Å². The van der Waals surface area contributed by atoms with Crippen LogP contribution >= 0.6 is 0 Å². The van der Waals surface area contributed by atoms with Crippen LogP contribution in [0.4, 0.5) is 0 Å². The van der Waals surface area contributed by atoms with Crippen LogP contribution in [0.25, 0.3) is 0 Å². The number of hydrogen-bond acceptors (Lipinski definition) is 3. The second kappa shape index (κ2) is 5.37. The molecule has 1 atom stereocenters. The van der Waals surface area contributed by atoms with Gasteiger partial charge in [0.1, 0.15) is 11.6 Å². The maximum atomic E-state index is 5.76. The molecule has 0 amide bonds. The summed E-state index contributed by atoms with van der Waals surface area (Å²) in [5.74, 6) is 2.76. The Hall–Kier alpha value is -1.68. The van der Waals surface area contributed by atoms with E-state index in [1.807, 2.05) is 0 Å². The average Bonchev–Trinajstić information content (AvgIpc) is 2.85. The van der Waals surface area contributed by atoms with Gasteiger partial charge in [-0.3, -0.25) is 0 Å². The minimum Gasteiger partial charge on any atom is -0.330 e. The molecule has 4 heteroatoms. The van der Waals surface area contributed by atoms with Gasteiger partial charge in [-0.05, 0) is 49.4 Å². The van der Waals surface area contributed by atoms with E-state index < -0.39 is 0 Å². The predicted octanol–water partition coefficient (Wildman–Crippen LogP) is 2.01. The molecule has 0 spiro atoms. The third-order valence-electron chi connectivity index (χ3n) is 4.40. The smallest absolute Gasteiger partial charge is 0.137 e. The first-order valence-corrected chi connectivity index (χ1v) is 7.34. The number of nitrogens with two attached hydrogens (primary N) is 1. The summed E-state index contributed by atoms with van der Waals surface area (Å²) in [6.07, 6.45) is 2.97. The standard InChI is InChI=1S/C16H22N4/c1-11-3-4-13(7-12(11)2)8-15-18-19-16-9-14(10-17)5-6-20(15)16/h3-4,7,14H,5-6,8-10,17H2,1-2H3. The fourth-order valence-electron chi connectivity index (χ4n) is 2.88. The number of aromatic nitrogens is 3. The maximum absolute atomic E-state index is 5.76. The van der Waals surface area contributed by atoms with Gasteiger partial charge in [-0.15, -0.1) is 10.2 Å². The molecule has 1 aromatic carbocycles. The first-order chi connectivity index (χ1) is 9.67. The lowest BCUT2D eigenvalue weighted by atomic mass is 9.98. The topological polar surface area (TPSA) is 56.7 Å². The summed E-state index contributed by atoms with van der Waals surface area (Å²) in [5.41, 5.74) is 9.75. The van der Waals surface area contributed by atoms with Gasteiger partial charge in [0.15, 0.2) is 0 Å². The summed E-state index contributed by atoms with van der Waals surface area (Å²) in [6, 6.07) is 6.63. The van der Waals surface area contributed by atoms with Crippen LogP contribution in [0.15, 0.2) is 18.2 Å². The van der Waals surface area contributed by atoms with Gasteiger partial charge < -0.3 is 10.3 Å². The normalized spacial score (nSPS) is 18.1. The van der Waals surface area contributed by atoms with Gasteiger partial charge in [0, 0.05) is 19.4 Å². The van der Waals surface area contributed by atoms with Crippen LogP contribution in [0.2, 0.25) is 0 Å². The molecule has 1 aliphatic rings. The number of hydrogen-bond donors (Lipinski definition) is 1. The molecule has 0 saturated carbocycles. The van der Waals surface area contributed by atoms with E-state index in [2.05, 4.69) is 46.8 Å². The van der Waals surface area contributed by atoms with Gasteiger partial charge in [-0.25, -0.2) is 0 Å². The van der Waals surface area contributed by atoms with Crippen LogP contribution in [-0.2, 0) is 19.4 Å². The summed E-state index contributed by atoms with van der Waals surface area (Å²) < 4.78 is 2.28. The zero-order valence-corrected chi connectivity index (χ0v) is 12.3. The molecule has 3 rings (SSSR count). The fourth-order valence-corrected chi connectivity index (χ4v) is 2.88. The number of nitrogens with zero attached hydrogens (tertiary/aromatic N) is 3. The van der Waals surface area contributed by atoms with E-state index >= 15 is 0 Å². The van der Waals surface area contributed by atoms with Crippen LogP contribution < -0.4 is 5.73 Å². The lowest BCUT2D eigenvalue weighted by Gasteiger charge is -2.22. The molecule has 20 heavy (non-hydrogen) atoms. The molecule has 2 aromatic rings. The van der Waals surface area contributed by atoms with Crippen LogP contribution in [-0.4, -0.2) is 21.3 Å². The monoisotopic (exact) mass is 270 g/mol. The van der Waals surface area contributed by atoms with E-state index in [-0.39, 0.29) is 0 Å². The van der Waals surface area contributed by atoms with Crippen molar-refractivity contribution in [1.82, 2.24) is 14.8 Å². The van der Waals surface area contributed by atoms with Crippen molar-refractivity contribution >= 4 is 0 Å². The Morgan fingerprint density at radius 1 is 1.25 bits per heavy atom. The molecule has 106 valence electrons. The summed E-state index contributed by atoms with van der Waals surface area (Å²) >= 11 is 0. The van der Waals surface area contributed by atoms with Crippen molar-refractivity contribution in [1.29, 1.82) is 0 Å².